The molecule has 3 amide bonds. The summed E-state index contributed by atoms with van der Waals surface area (Å²) in [5, 5.41) is 35.1. The van der Waals surface area contributed by atoms with Gasteiger partial charge in [-0.15, -0.1) is 0 Å². The van der Waals surface area contributed by atoms with Crippen LogP contribution in [0.1, 0.15) is 51.5 Å². The van der Waals surface area contributed by atoms with E-state index in [1.54, 1.807) is 19.1 Å². The summed E-state index contributed by atoms with van der Waals surface area (Å²) in [6.07, 6.45) is 0.832. The number of rotatable bonds is 17. The Morgan fingerprint density at radius 3 is 1.95 bits per heavy atom. The van der Waals surface area contributed by atoms with E-state index in [0.717, 1.165) is 0 Å². The van der Waals surface area contributed by atoms with Crippen LogP contribution in [0.3, 0.4) is 0 Å². The average molecular weight is 538 g/mol. The molecule has 0 bridgehead atoms. The van der Waals surface area contributed by atoms with E-state index in [9.17, 15) is 34.2 Å². The summed E-state index contributed by atoms with van der Waals surface area (Å²) in [7, 11) is 0. The van der Waals surface area contributed by atoms with Gasteiger partial charge in [0.2, 0.25) is 17.7 Å². The van der Waals surface area contributed by atoms with Crippen LogP contribution in [0.2, 0.25) is 0 Å². The second kappa shape index (κ2) is 16.2. The van der Waals surface area contributed by atoms with E-state index < -0.39 is 60.2 Å². The fraction of sp³-hybridized carbons (Fsp3) is 0.560. The molecule has 1 aromatic carbocycles. The Bertz CT molecular complexity index is 956. The predicted molar refractivity (Wildman–Crippen MR) is 138 cm³/mol. The monoisotopic (exact) mass is 537 g/mol. The van der Waals surface area contributed by atoms with Crippen molar-refractivity contribution in [3.63, 3.8) is 0 Å². The molecule has 0 saturated heterocycles. The number of carboxylic acids is 2. The number of aromatic hydroxyl groups is 1. The lowest BCUT2D eigenvalue weighted by atomic mass is 9.98. The minimum atomic E-state index is -1.70. The molecule has 0 radical (unpaired) electrons. The molecule has 0 spiro atoms. The third-order valence-electron chi connectivity index (χ3n) is 6.14. The van der Waals surface area contributed by atoms with Crippen molar-refractivity contribution in [1.82, 2.24) is 16.0 Å². The third kappa shape index (κ3) is 11.1. The first-order valence-corrected chi connectivity index (χ1v) is 12.5. The second-order valence-electron chi connectivity index (χ2n) is 9.19. The molecule has 0 saturated carbocycles. The van der Waals surface area contributed by atoms with E-state index in [1.807, 2.05) is 6.92 Å². The van der Waals surface area contributed by atoms with Crippen molar-refractivity contribution in [3.8, 4) is 5.75 Å². The van der Waals surface area contributed by atoms with Crippen molar-refractivity contribution in [2.75, 3.05) is 6.54 Å². The number of nitrogens with one attached hydrogen (secondary N) is 3. The van der Waals surface area contributed by atoms with Crippen molar-refractivity contribution in [2.24, 2.45) is 17.4 Å². The molecular formula is C25H39N5O8. The Morgan fingerprint density at radius 1 is 0.868 bits per heavy atom. The molecule has 38 heavy (non-hydrogen) atoms. The minimum absolute atomic E-state index is 0.0129. The molecule has 0 heterocycles. The van der Waals surface area contributed by atoms with E-state index in [4.69, 9.17) is 16.6 Å². The van der Waals surface area contributed by atoms with Crippen LogP contribution < -0.4 is 27.4 Å². The molecule has 0 aliphatic heterocycles. The van der Waals surface area contributed by atoms with Gasteiger partial charge in [-0.25, -0.2) is 4.79 Å². The van der Waals surface area contributed by atoms with Gasteiger partial charge in [0.15, 0.2) is 0 Å². The number of carbonyl (C=O) groups excluding carboxylic acids is 3. The zero-order valence-corrected chi connectivity index (χ0v) is 21.7. The van der Waals surface area contributed by atoms with Crippen LogP contribution in [0.4, 0.5) is 0 Å². The summed E-state index contributed by atoms with van der Waals surface area (Å²) in [5.74, 6) is -5.27. The molecule has 1 aromatic rings. The molecule has 10 N–H and O–H groups in total. The van der Waals surface area contributed by atoms with E-state index >= 15 is 0 Å². The first kappa shape index (κ1) is 32.3. The van der Waals surface area contributed by atoms with Crippen LogP contribution in [-0.4, -0.2) is 75.7 Å². The van der Waals surface area contributed by atoms with Gasteiger partial charge in [0.05, 0.1) is 12.5 Å². The molecule has 0 aliphatic rings. The van der Waals surface area contributed by atoms with Gasteiger partial charge in [0.25, 0.3) is 0 Å². The summed E-state index contributed by atoms with van der Waals surface area (Å²) in [6, 6.07) is 1.05. The fourth-order valence-electron chi connectivity index (χ4n) is 3.54. The molecule has 212 valence electrons. The van der Waals surface area contributed by atoms with Gasteiger partial charge in [0, 0.05) is 6.42 Å². The van der Waals surface area contributed by atoms with Crippen LogP contribution in [0, 0.1) is 5.92 Å². The minimum Gasteiger partial charge on any atom is -0.508 e. The van der Waals surface area contributed by atoms with Gasteiger partial charge in [-0.05, 0) is 49.4 Å². The van der Waals surface area contributed by atoms with Crippen LogP contribution in [0.25, 0.3) is 0 Å². The van der Waals surface area contributed by atoms with Crippen LogP contribution in [0.5, 0.6) is 5.75 Å². The second-order valence-corrected chi connectivity index (χ2v) is 9.19. The van der Waals surface area contributed by atoms with E-state index in [0.29, 0.717) is 31.4 Å². The zero-order chi connectivity index (χ0) is 28.8. The molecule has 0 fully saturated rings. The number of carbonyl (C=O) groups is 5. The Kier molecular flexibility index (Phi) is 13.8. The molecule has 5 unspecified atom stereocenters. The SMILES string of the molecule is CCC(C)C(N)C(=O)NC(Cc1ccc(O)cc1)C(=O)NC(CCCCN)C(=O)NC(CC(=O)O)C(=O)O. The normalized spacial score (nSPS) is 14.8. The van der Waals surface area contributed by atoms with Crippen LogP contribution in [-0.2, 0) is 30.4 Å². The standard InChI is InChI=1S/C25H39N5O8/c1-3-14(2)21(27)24(36)29-18(12-15-7-9-16(31)10-8-15)23(35)28-17(6-4-5-11-26)22(34)30-19(25(37)38)13-20(32)33/h7-10,14,17-19,21,31H,3-6,11-13,26-27H2,1-2H3,(H,28,35)(H,29,36)(H,30,34)(H,32,33)(H,37,38). The Labute approximate surface area is 221 Å². The summed E-state index contributed by atoms with van der Waals surface area (Å²) in [6.45, 7) is 4.00. The van der Waals surface area contributed by atoms with Gasteiger partial charge >= 0.3 is 11.9 Å². The number of amides is 3. The van der Waals surface area contributed by atoms with Gasteiger partial charge < -0.3 is 42.7 Å². The number of hydrogen-bond donors (Lipinski definition) is 8. The number of nitrogens with two attached hydrogens (primary N) is 2. The maximum Gasteiger partial charge on any atom is 0.326 e. The highest BCUT2D eigenvalue weighted by Gasteiger charge is 2.31. The number of phenolic OH excluding ortho intramolecular Hbond substituents is 1. The van der Waals surface area contributed by atoms with Gasteiger partial charge in [-0.1, -0.05) is 32.4 Å². The topological polar surface area (TPSA) is 234 Å². The average Bonchev–Trinajstić information content (AvgIpc) is 2.87. The third-order valence-corrected chi connectivity index (χ3v) is 6.14. The summed E-state index contributed by atoms with van der Waals surface area (Å²) in [4.78, 5) is 61.4. The molecule has 13 heteroatoms. The van der Waals surface area contributed by atoms with Crippen molar-refractivity contribution in [3.05, 3.63) is 29.8 Å². The van der Waals surface area contributed by atoms with E-state index in [-0.39, 0.29) is 24.5 Å². The molecule has 13 nitrogen and oxygen atoms in total. The maximum absolute atomic E-state index is 13.3. The Hall–Kier alpha value is -3.71. The highest BCUT2D eigenvalue weighted by atomic mass is 16.4. The van der Waals surface area contributed by atoms with Crippen molar-refractivity contribution < 1.29 is 39.3 Å². The number of phenols is 1. The molecule has 0 aromatic heterocycles. The summed E-state index contributed by atoms with van der Waals surface area (Å²) < 4.78 is 0. The zero-order valence-electron chi connectivity index (χ0n) is 21.7. The molecule has 0 aliphatic carbocycles. The number of unbranched alkanes of at least 4 members (excludes halogenated alkanes) is 1. The quantitative estimate of drug-likeness (QED) is 0.118. The Morgan fingerprint density at radius 2 is 1.42 bits per heavy atom. The van der Waals surface area contributed by atoms with Gasteiger partial charge in [0.1, 0.15) is 23.9 Å². The number of hydrogen-bond acceptors (Lipinski definition) is 8. The molecular weight excluding hydrogens is 498 g/mol. The number of aliphatic carboxylic acids is 2. The Balaban J connectivity index is 3.17. The predicted octanol–water partition coefficient (Wildman–Crippen LogP) is -0.549. The van der Waals surface area contributed by atoms with Crippen LogP contribution in [0.15, 0.2) is 24.3 Å². The largest absolute Gasteiger partial charge is 0.508 e. The van der Waals surface area contributed by atoms with E-state index in [2.05, 4.69) is 16.0 Å². The number of carboxylic acid groups (broad SMARTS) is 2. The first-order chi connectivity index (χ1) is 17.9. The summed E-state index contributed by atoms with van der Waals surface area (Å²) >= 11 is 0. The maximum atomic E-state index is 13.3. The highest BCUT2D eigenvalue weighted by Crippen LogP contribution is 2.13. The highest BCUT2D eigenvalue weighted by molar-refractivity contribution is 5.94. The lowest BCUT2D eigenvalue weighted by Gasteiger charge is -2.26. The number of benzene rings is 1. The van der Waals surface area contributed by atoms with Crippen molar-refractivity contribution >= 4 is 29.7 Å². The lowest BCUT2D eigenvalue weighted by molar-refractivity contribution is -0.147. The lowest BCUT2D eigenvalue weighted by Crippen LogP contribution is -2.58. The fourth-order valence-corrected chi connectivity index (χ4v) is 3.54. The molecule has 1 rings (SSSR count). The molecule has 5 atom stereocenters. The van der Waals surface area contributed by atoms with Crippen molar-refractivity contribution in [2.45, 2.75) is 76.5 Å². The van der Waals surface area contributed by atoms with Gasteiger partial charge in [-0.3, -0.25) is 19.2 Å². The smallest absolute Gasteiger partial charge is 0.326 e. The first-order valence-electron chi connectivity index (χ1n) is 12.5. The van der Waals surface area contributed by atoms with Crippen molar-refractivity contribution in [1.29, 1.82) is 0 Å². The van der Waals surface area contributed by atoms with Crippen LogP contribution >= 0.6 is 0 Å². The summed E-state index contributed by atoms with van der Waals surface area (Å²) in [5.41, 5.74) is 12.2. The van der Waals surface area contributed by atoms with Gasteiger partial charge in [-0.2, -0.15) is 0 Å². The van der Waals surface area contributed by atoms with E-state index in [1.165, 1.54) is 12.1 Å².